The van der Waals surface area contributed by atoms with E-state index in [-0.39, 0.29) is 6.09 Å². The Bertz CT molecular complexity index is 274. The Labute approximate surface area is 96.9 Å². The normalized spacial score (nSPS) is 18.9. The molecule has 1 saturated heterocycles. The van der Waals surface area contributed by atoms with Crippen molar-refractivity contribution in [2.24, 2.45) is 0 Å². The van der Waals surface area contributed by atoms with Crippen LogP contribution in [-0.4, -0.2) is 40.4 Å². The van der Waals surface area contributed by atoms with Crippen LogP contribution in [0, 0.1) is 0 Å². The van der Waals surface area contributed by atoms with Gasteiger partial charge in [-0.15, -0.1) is 6.58 Å². The number of aliphatic hydroxyl groups is 1. The molecule has 0 bridgehead atoms. The Balaban J connectivity index is 2.35. The van der Waals surface area contributed by atoms with Crippen molar-refractivity contribution in [1.29, 1.82) is 0 Å². The molecule has 4 nitrogen and oxygen atoms in total. The molecule has 4 heteroatoms. The lowest BCUT2D eigenvalue weighted by Gasteiger charge is -2.46. The van der Waals surface area contributed by atoms with E-state index in [4.69, 9.17) is 4.74 Å². The molecule has 1 rings (SSSR count). The van der Waals surface area contributed by atoms with Gasteiger partial charge in [0.05, 0.1) is 13.1 Å². The highest BCUT2D eigenvalue weighted by molar-refractivity contribution is 5.69. The minimum Gasteiger partial charge on any atom is -0.444 e. The van der Waals surface area contributed by atoms with Gasteiger partial charge in [-0.2, -0.15) is 0 Å². The Hall–Kier alpha value is -1.03. The molecule has 1 amide bonds. The first kappa shape index (κ1) is 13.0. The number of β-amino-alcohol motifs (C(OH)–C–C–N with tert-alkyl or cyclic N) is 1. The summed E-state index contributed by atoms with van der Waals surface area (Å²) in [4.78, 5) is 13.1. The Morgan fingerprint density at radius 3 is 2.56 bits per heavy atom. The first-order chi connectivity index (χ1) is 7.26. The smallest absolute Gasteiger partial charge is 0.410 e. The second-order valence-electron chi connectivity index (χ2n) is 5.39. The number of nitrogens with zero attached hydrogens (tertiary/aromatic N) is 1. The first-order valence-corrected chi connectivity index (χ1v) is 5.57. The second-order valence-corrected chi connectivity index (χ2v) is 5.39. The summed E-state index contributed by atoms with van der Waals surface area (Å²) >= 11 is 0. The van der Waals surface area contributed by atoms with Crippen molar-refractivity contribution in [3.05, 3.63) is 12.7 Å². The van der Waals surface area contributed by atoms with E-state index in [2.05, 4.69) is 6.58 Å². The molecule has 1 N–H and O–H groups in total. The molecule has 0 aromatic heterocycles. The number of ether oxygens (including phenoxy) is 1. The zero-order valence-electron chi connectivity index (χ0n) is 10.3. The van der Waals surface area contributed by atoms with Gasteiger partial charge in [0.1, 0.15) is 11.2 Å². The van der Waals surface area contributed by atoms with Crippen LogP contribution in [0.2, 0.25) is 0 Å². The van der Waals surface area contributed by atoms with Crippen molar-refractivity contribution in [3.8, 4) is 0 Å². The van der Waals surface area contributed by atoms with Crippen molar-refractivity contribution in [3.63, 3.8) is 0 Å². The zero-order chi connectivity index (χ0) is 12.4. The SMILES string of the molecule is C=CCCC1(O)CN(C(=O)OC(C)(C)C)C1. The maximum absolute atomic E-state index is 11.6. The number of amides is 1. The Morgan fingerprint density at radius 2 is 2.12 bits per heavy atom. The molecular formula is C12H21NO3. The highest BCUT2D eigenvalue weighted by Crippen LogP contribution is 2.27. The van der Waals surface area contributed by atoms with Crippen molar-refractivity contribution in [2.75, 3.05) is 13.1 Å². The van der Waals surface area contributed by atoms with Crippen LogP contribution in [0.4, 0.5) is 4.79 Å². The summed E-state index contributed by atoms with van der Waals surface area (Å²) in [6.45, 7) is 9.81. The lowest BCUT2D eigenvalue weighted by molar-refractivity contribution is -0.102. The van der Waals surface area contributed by atoms with E-state index in [1.54, 1.807) is 6.08 Å². The van der Waals surface area contributed by atoms with Crippen LogP contribution in [-0.2, 0) is 4.74 Å². The van der Waals surface area contributed by atoms with Crippen LogP contribution in [0.25, 0.3) is 0 Å². The molecule has 0 unspecified atom stereocenters. The summed E-state index contributed by atoms with van der Waals surface area (Å²) in [5.41, 5.74) is -1.23. The van der Waals surface area contributed by atoms with E-state index in [0.717, 1.165) is 6.42 Å². The fraction of sp³-hybridized carbons (Fsp3) is 0.750. The van der Waals surface area contributed by atoms with Gasteiger partial charge in [-0.3, -0.25) is 0 Å². The van der Waals surface area contributed by atoms with Crippen LogP contribution in [0.5, 0.6) is 0 Å². The molecule has 0 aromatic rings. The van der Waals surface area contributed by atoms with Crippen LogP contribution < -0.4 is 0 Å². The molecular weight excluding hydrogens is 206 g/mol. The van der Waals surface area contributed by atoms with Gasteiger partial charge in [-0.25, -0.2) is 4.79 Å². The van der Waals surface area contributed by atoms with Gasteiger partial charge in [0.15, 0.2) is 0 Å². The third-order valence-corrected chi connectivity index (χ3v) is 2.44. The monoisotopic (exact) mass is 227 g/mol. The maximum Gasteiger partial charge on any atom is 0.410 e. The summed E-state index contributed by atoms with van der Waals surface area (Å²) in [6.07, 6.45) is 2.83. The fourth-order valence-electron chi connectivity index (χ4n) is 1.65. The highest BCUT2D eigenvalue weighted by Gasteiger charge is 2.44. The van der Waals surface area contributed by atoms with E-state index >= 15 is 0 Å². The summed E-state index contributed by atoms with van der Waals surface area (Å²) in [5, 5.41) is 9.96. The van der Waals surface area contributed by atoms with Gasteiger partial charge in [0.2, 0.25) is 0 Å². The van der Waals surface area contributed by atoms with Gasteiger partial charge in [-0.05, 0) is 33.6 Å². The minimum absolute atomic E-state index is 0.351. The summed E-state index contributed by atoms with van der Waals surface area (Å²) in [6, 6.07) is 0. The molecule has 1 heterocycles. The van der Waals surface area contributed by atoms with Gasteiger partial charge in [0, 0.05) is 0 Å². The van der Waals surface area contributed by atoms with Crippen LogP contribution in [0.15, 0.2) is 12.7 Å². The average Bonchev–Trinajstić information content (AvgIpc) is 2.07. The second kappa shape index (κ2) is 4.45. The van der Waals surface area contributed by atoms with Gasteiger partial charge >= 0.3 is 6.09 Å². The van der Waals surface area contributed by atoms with Crippen molar-refractivity contribution in [2.45, 2.75) is 44.8 Å². The standard InChI is InChI=1S/C12H21NO3/c1-5-6-7-12(15)8-13(9-12)10(14)16-11(2,3)4/h5,15H,1,6-9H2,2-4H3. The molecule has 1 aliphatic rings. The third kappa shape index (κ3) is 3.52. The van der Waals surface area contributed by atoms with E-state index < -0.39 is 11.2 Å². The number of hydrogen-bond donors (Lipinski definition) is 1. The van der Waals surface area contributed by atoms with Crippen molar-refractivity contribution < 1.29 is 14.6 Å². The molecule has 16 heavy (non-hydrogen) atoms. The minimum atomic E-state index is -0.745. The van der Waals surface area contributed by atoms with Crippen LogP contribution >= 0.6 is 0 Å². The number of allylic oxidation sites excluding steroid dienone is 1. The number of carbonyl (C=O) groups excluding carboxylic acids is 1. The van der Waals surface area contributed by atoms with Gasteiger partial charge < -0.3 is 14.7 Å². The molecule has 0 spiro atoms. The maximum atomic E-state index is 11.6. The van der Waals surface area contributed by atoms with E-state index in [9.17, 15) is 9.90 Å². The lowest BCUT2D eigenvalue weighted by Crippen LogP contribution is -2.63. The quantitative estimate of drug-likeness (QED) is 0.749. The first-order valence-electron chi connectivity index (χ1n) is 5.57. The molecule has 0 atom stereocenters. The van der Waals surface area contributed by atoms with Gasteiger partial charge in [-0.1, -0.05) is 6.08 Å². The molecule has 1 aliphatic heterocycles. The van der Waals surface area contributed by atoms with Crippen molar-refractivity contribution >= 4 is 6.09 Å². The predicted octanol–water partition coefficient (Wildman–Crippen LogP) is 1.93. The van der Waals surface area contributed by atoms with E-state index in [1.807, 2.05) is 20.8 Å². The summed E-state index contributed by atoms with van der Waals surface area (Å²) in [5.74, 6) is 0. The number of rotatable bonds is 3. The number of likely N-dealkylation sites (tertiary alicyclic amines) is 1. The zero-order valence-corrected chi connectivity index (χ0v) is 10.3. The molecule has 0 aromatic carbocycles. The Morgan fingerprint density at radius 1 is 1.56 bits per heavy atom. The fourth-order valence-corrected chi connectivity index (χ4v) is 1.65. The van der Waals surface area contributed by atoms with Gasteiger partial charge in [0.25, 0.3) is 0 Å². The highest BCUT2D eigenvalue weighted by atomic mass is 16.6. The molecule has 1 fully saturated rings. The van der Waals surface area contributed by atoms with Crippen LogP contribution in [0.1, 0.15) is 33.6 Å². The number of carbonyl (C=O) groups is 1. The van der Waals surface area contributed by atoms with E-state index in [0.29, 0.717) is 19.5 Å². The largest absolute Gasteiger partial charge is 0.444 e. The molecule has 0 saturated carbocycles. The summed E-state index contributed by atoms with van der Waals surface area (Å²) < 4.78 is 5.20. The molecule has 0 aliphatic carbocycles. The number of hydrogen-bond acceptors (Lipinski definition) is 3. The topological polar surface area (TPSA) is 49.8 Å². The van der Waals surface area contributed by atoms with Crippen molar-refractivity contribution in [1.82, 2.24) is 4.90 Å². The third-order valence-electron chi connectivity index (χ3n) is 2.44. The average molecular weight is 227 g/mol. The molecule has 92 valence electrons. The lowest BCUT2D eigenvalue weighted by atomic mass is 9.89. The summed E-state index contributed by atoms with van der Waals surface area (Å²) in [7, 11) is 0. The predicted molar refractivity (Wildman–Crippen MR) is 62.2 cm³/mol. The van der Waals surface area contributed by atoms with Crippen LogP contribution in [0.3, 0.4) is 0 Å². The Kier molecular flexibility index (Phi) is 3.63. The molecule has 0 radical (unpaired) electrons. The van der Waals surface area contributed by atoms with E-state index in [1.165, 1.54) is 4.90 Å².